The number of amides is 1. The third kappa shape index (κ3) is 2.45. The first kappa shape index (κ1) is 13.5. The predicted octanol–water partition coefficient (Wildman–Crippen LogP) is 3.14. The second kappa shape index (κ2) is 5.14. The van der Waals surface area contributed by atoms with E-state index in [1.54, 1.807) is 24.5 Å². The number of hydrogen-bond acceptors (Lipinski definition) is 5. The molecule has 106 valence electrons. The van der Waals surface area contributed by atoms with Crippen molar-refractivity contribution in [1.82, 2.24) is 9.97 Å². The van der Waals surface area contributed by atoms with Crippen LogP contribution in [-0.2, 0) is 0 Å². The van der Waals surface area contributed by atoms with Crippen LogP contribution in [0, 0.1) is 13.8 Å². The summed E-state index contributed by atoms with van der Waals surface area (Å²) in [5, 5.41) is 3.66. The minimum atomic E-state index is -0.236. The average molecular weight is 298 g/mol. The maximum absolute atomic E-state index is 12.4. The molecule has 21 heavy (non-hydrogen) atoms. The number of nitrogens with zero attached hydrogens (tertiary/aromatic N) is 2. The molecular formula is C15H14N4OS. The summed E-state index contributed by atoms with van der Waals surface area (Å²) in [4.78, 5) is 22.1. The summed E-state index contributed by atoms with van der Waals surface area (Å²) < 4.78 is 0. The van der Waals surface area contributed by atoms with Crippen LogP contribution in [0.4, 0.5) is 11.4 Å². The van der Waals surface area contributed by atoms with E-state index in [-0.39, 0.29) is 5.91 Å². The monoisotopic (exact) mass is 298 g/mol. The van der Waals surface area contributed by atoms with Gasteiger partial charge in [-0.1, -0.05) is 0 Å². The lowest BCUT2D eigenvalue weighted by Gasteiger charge is -2.03. The van der Waals surface area contributed by atoms with Crippen molar-refractivity contribution in [2.75, 3.05) is 11.1 Å². The van der Waals surface area contributed by atoms with Crippen molar-refractivity contribution in [3.63, 3.8) is 0 Å². The van der Waals surface area contributed by atoms with Gasteiger partial charge in [0, 0.05) is 17.3 Å². The van der Waals surface area contributed by atoms with E-state index < -0.39 is 0 Å². The molecule has 0 aromatic carbocycles. The normalized spacial score (nSPS) is 10.8. The van der Waals surface area contributed by atoms with E-state index in [0.717, 1.165) is 21.5 Å². The summed E-state index contributed by atoms with van der Waals surface area (Å²) >= 11 is 1.31. The highest BCUT2D eigenvalue weighted by Gasteiger charge is 2.19. The number of pyridine rings is 2. The summed E-state index contributed by atoms with van der Waals surface area (Å²) in [7, 11) is 0. The van der Waals surface area contributed by atoms with Crippen LogP contribution >= 0.6 is 11.3 Å². The van der Waals surface area contributed by atoms with Gasteiger partial charge in [-0.25, -0.2) is 4.98 Å². The van der Waals surface area contributed by atoms with E-state index in [4.69, 9.17) is 5.73 Å². The molecule has 0 saturated carbocycles. The van der Waals surface area contributed by atoms with Crippen LogP contribution in [0.25, 0.3) is 10.2 Å². The molecule has 0 radical (unpaired) electrons. The number of hydrogen-bond donors (Lipinski definition) is 2. The number of nitrogens with one attached hydrogen (secondary N) is 1. The lowest BCUT2D eigenvalue weighted by molar-refractivity contribution is 0.103. The Morgan fingerprint density at radius 1 is 1.38 bits per heavy atom. The Morgan fingerprint density at radius 3 is 2.90 bits per heavy atom. The largest absolute Gasteiger partial charge is 0.397 e. The highest BCUT2D eigenvalue weighted by atomic mass is 32.1. The van der Waals surface area contributed by atoms with Crippen LogP contribution in [-0.4, -0.2) is 15.9 Å². The van der Waals surface area contributed by atoms with E-state index >= 15 is 0 Å². The molecule has 0 saturated heterocycles. The minimum Gasteiger partial charge on any atom is -0.397 e. The molecule has 3 aromatic heterocycles. The molecule has 0 aliphatic rings. The number of rotatable bonds is 2. The smallest absolute Gasteiger partial charge is 0.267 e. The molecule has 0 spiro atoms. The van der Waals surface area contributed by atoms with Crippen molar-refractivity contribution < 1.29 is 4.79 Å². The SMILES string of the molecule is Cc1cc(C)c2c(N)c(C(=O)Nc3cccnc3)sc2n1. The summed E-state index contributed by atoms with van der Waals surface area (Å²) in [6.07, 6.45) is 3.24. The molecule has 0 aliphatic heterocycles. The quantitative estimate of drug-likeness (QED) is 0.761. The molecular weight excluding hydrogens is 284 g/mol. The van der Waals surface area contributed by atoms with Gasteiger partial charge >= 0.3 is 0 Å². The number of carbonyl (C=O) groups excluding carboxylic acids is 1. The Bertz CT molecular complexity index is 827. The number of aromatic nitrogens is 2. The van der Waals surface area contributed by atoms with Crippen molar-refractivity contribution in [2.45, 2.75) is 13.8 Å². The number of anilines is 2. The Labute approximate surface area is 125 Å². The van der Waals surface area contributed by atoms with E-state index in [1.165, 1.54) is 11.3 Å². The van der Waals surface area contributed by atoms with Gasteiger partial charge in [0.05, 0.1) is 17.6 Å². The van der Waals surface area contributed by atoms with Gasteiger partial charge in [0.25, 0.3) is 5.91 Å². The maximum Gasteiger partial charge on any atom is 0.267 e. The van der Waals surface area contributed by atoms with E-state index in [9.17, 15) is 4.79 Å². The van der Waals surface area contributed by atoms with Crippen LogP contribution in [0.3, 0.4) is 0 Å². The van der Waals surface area contributed by atoms with Crippen molar-refractivity contribution in [3.05, 3.63) is 46.7 Å². The third-order valence-electron chi connectivity index (χ3n) is 3.15. The zero-order valence-corrected chi connectivity index (χ0v) is 12.5. The van der Waals surface area contributed by atoms with Gasteiger partial charge in [0.1, 0.15) is 9.71 Å². The van der Waals surface area contributed by atoms with Crippen LogP contribution in [0.5, 0.6) is 0 Å². The van der Waals surface area contributed by atoms with Crippen molar-refractivity contribution in [1.29, 1.82) is 0 Å². The van der Waals surface area contributed by atoms with Crippen molar-refractivity contribution in [2.24, 2.45) is 0 Å². The second-order valence-electron chi connectivity index (χ2n) is 4.80. The first-order valence-corrected chi connectivity index (χ1v) is 7.25. The molecule has 0 bridgehead atoms. The standard InChI is InChI=1S/C15H14N4OS/c1-8-6-9(2)18-15-11(8)12(16)13(21-15)14(20)19-10-4-3-5-17-7-10/h3-7H,16H2,1-2H3,(H,19,20). The van der Waals surface area contributed by atoms with E-state index in [1.807, 2.05) is 19.9 Å². The lowest BCUT2D eigenvalue weighted by atomic mass is 10.1. The highest BCUT2D eigenvalue weighted by molar-refractivity contribution is 7.21. The van der Waals surface area contributed by atoms with Gasteiger partial charge in [-0.05, 0) is 37.6 Å². The summed E-state index contributed by atoms with van der Waals surface area (Å²) in [6.45, 7) is 3.90. The molecule has 3 aromatic rings. The molecule has 3 rings (SSSR count). The number of nitrogen functional groups attached to an aromatic ring is 1. The van der Waals surface area contributed by atoms with Crippen LogP contribution in [0.1, 0.15) is 20.9 Å². The minimum absolute atomic E-state index is 0.236. The number of thiophene rings is 1. The molecule has 3 heterocycles. The zero-order chi connectivity index (χ0) is 15.0. The average Bonchev–Trinajstić information content (AvgIpc) is 2.77. The van der Waals surface area contributed by atoms with Gasteiger partial charge in [0.15, 0.2) is 0 Å². The van der Waals surface area contributed by atoms with Gasteiger partial charge in [-0.15, -0.1) is 11.3 Å². The second-order valence-corrected chi connectivity index (χ2v) is 5.80. The van der Waals surface area contributed by atoms with Crippen LogP contribution in [0.15, 0.2) is 30.6 Å². The van der Waals surface area contributed by atoms with Gasteiger partial charge in [-0.3, -0.25) is 9.78 Å². The summed E-state index contributed by atoms with van der Waals surface area (Å²) in [5.41, 5.74) is 9.22. The molecule has 1 amide bonds. The summed E-state index contributed by atoms with van der Waals surface area (Å²) in [6, 6.07) is 5.51. The molecule has 5 nitrogen and oxygen atoms in total. The van der Waals surface area contributed by atoms with Crippen LogP contribution < -0.4 is 11.1 Å². The molecule has 0 unspecified atom stereocenters. The molecule has 3 N–H and O–H groups in total. The predicted molar refractivity (Wildman–Crippen MR) is 85.7 cm³/mol. The Morgan fingerprint density at radius 2 is 2.19 bits per heavy atom. The van der Waals surface area contributed by atoms with Gasteiger partial charge < -0.3 is 11.1 Å². The molecule has 0 aliphatic carbocycles. The number of carbonyl (C=O) groups is 1. The zero-order valence-electron chi connectivity index (χ0n) is 11.7. The summed E-state index contributed by atoms with van der Waals surface area (Å²) in [5.74, 6) is -0.236. The van der Waals surface area contributed by atoms with E-state index in [0.29, 0.717) is 16.3 Å². The topological polar surface area (TPSA) is 80.9 Å². The number of nitrogens with two attached hydrogens (primary N) is 1. The Kier molecular flexibility index (Phi) is 3.31. The maximum atomic E-state index is 12.4. The van der Waals surface area contributed by atoms with Crippen molar-refractivity contribution in [3.8, 4) is 0 Å². The molecule has 0 atom stereocenters. The fourth-order valence-corrected chi connectivity index (χ4v) is 3.37. The Balaban J connectivity index is 2.03. The number of fused-ring (bicyclic) bond motifs is 1. The van der Waals surface area contributed by atoms with Crippen LogP contribution in [0.2, 0.25) is 0 Å². The molecule has 6 heteroatoms. The van der Waals surface area contributed by atoms with Crippen molar-refractivity contribution >= 4 is 38.8 Å². The van der Waals surface area contributed by atoms with Gasteiger partial charge in [0.2, 0.25) is 0 Å². The lowest BCUT2D eigenvalue weighted by Crippen LogP contribution is -2.12. The first-order chi connectivity index (χ1) is 10.1. The number of aryl methyl sites for hydroxylation is 2. The highest BCUT2D eigenvalue weighted by Crippen LogP contribution is 2.35. The first-order valence-electron chi connectivity index (χ1n) is 6.44. The molecule has 0 fully saturated rings. The van der Waals surface area contributed by atoms with Gasteiger partial charge in [-0.2, -0.15) is 0 Å². The fourth-order valence-electron chi connectivity index (χ4n) is 2.26. The third-order valence-corrected chi connectivity index (χ3v) is 4.25. The Hall–Kier alpha value is -2.47. The van der Waals surface area contributed by atoms with E-state index in [2.05, 4.69) is 15.3 Å². The fraction of sp³-hybridized carbons (Fsp3) is 0.133.